The summed E-state index contributed by atoms with van der Waals surface area (Å²) in [4.78, 5) is 16.0. The second-order valence-corrected chi connectivity index (χ2v) is 4.80. The zero-order chi connectivity index (χ0) is 10.8. The van der Waals surface area contributed by atoms with E-state index in [0.717, 1.165) is 32.6 Å². The topological polar surface area (TPSA) is 49.6 Å². The lowest BCUT2D eigenvalue weighted by atomic mass is 9.96. The summed E-state index contributed by atoms with van der Waals surface area (Å²) in [6.45, 7) is 3.75. The third-order valence-electron chi connectivity index (χ3n) is 3.72. The normalized spacial score (nSPS) is 33.7. The number of likely N-dealkylation sites (tertiary alicyclic amines) is 2. The van der Waals surface area contributed by atoms with Crippen molar-refractivity contribution < 1.29 is 4.79 Å². The van der Waals surface area contributed by atoms with E-state index < -0.39 is 0 Å². The summed E-state index contributed by atoms with van der Waals surface area (Å²) in [5, 5.41) is 0. The number of carbonyl (C=O) groups is 1. The minimum atomic E-state index is 0.143. The molecule has 15 heavy (non-hydrogen) atoms. The zero-order valence-corrected chi connectivity index (χ0v) is 9.48. The first-order chi connectivity index (χ1) is 7.22. The molecule has 2 heterocycles. The number of nitrogens with two attached hydrogens (primary N) is 1. The van der Waals surface area contributed by atoms with Crippen LogP contribution < -0.4 is 5.73 Å². The van der Waals surface area contributed by atoms with Crippen molar-refractivity contribution in [3.8, 4) is 0 Å². The van der Waals surface area contributed by atoms with Crippen molar-refractivity contribution in [3.63, 3.8) is 0 Å². The maximum absolute atomic E-state index is 11.9. The molecule has 2 unspecified atom stereocenters. The lowest BCUT2D eigenvalue weighted by Gasteiger charge is -2.35. The lowest BCUT2D eigenvalue weighted by Crippen LogP contribution is -2.47. The van der Waals surface area contributed by atoms with Crippen LogP contribution in [0.3, 0.4) is 0 Å². The molecule has 2 atom stereocenters. The van der Waals surface area contributed by atoms with Gasteiger partial charge < -0.3 is 10.6 Å². The van der Waals surface area contributed by atoms with Crippen molar-refractivity contribution in [3.05, 3.63) is 0 Å². The Balaban J connectivity index is 1.95. The molecule has 2 fully saturated rings. The monoisotopic (exact) mass is 211 g/mol. The Morgan fingerprint density at radius 3 is 2.80 bits per heavy atom. The Kier molecular flexibility index (Phi) is 3.26. The number of nitrogens with zero attached hydrogens (tertiary/aromatic N) is 2. The van der Waals surface area contributed by atoms with Crippen LogP contribution in [0.5, 0.6) is 0 Å². The molecule has 0 aromatic carbocycles. The Bertz CT molecular complexity index is 244. The van der Waals surface area contributed by atoms with Crippen LogP contribution in [0.1, 0.15) is 19.3 Å². The van der Waals surface area contributed by atoms with E-state index in [1.807, 2.05) is 11.9 Å². The van der Waals surface area contributed by atoms with Crippen LogP contribution in [0, 0.1) is 5.92 Å². The number of hydrogen-bond acceptors (Lipinski definition) is 3. The van der Waals surface area contributed by atoms with Crippen molar-refractivity contribution in [2.75, 3.05) is 33.2 Å². The van der Waals surface area contributed by atoms with Crippen LogP contribution in [0.2, 0.25) is 0 Å². The SMILES string of the molecule is CN1CCC(N2CCCC(CN)C2)C1=O. The fraction of sp³-hybridized carbons (Fsp3) is 0.909. The molecule has 0 aliphatic carbocycles. The molecule has 2 saturated heterocycles. The molecule has 0 bridgehead atoms. The molecule has 4 heteroatoms. The average Bonchev–Trinajstić information content (AvgIpc) is 2.60. The first-order valence-corrected chi connectivity index (χ1v) is 5.91. The van der Waals surface area contributed by atoms with Crippen LogP contribution in [0.25, 0.3) is 0 Å². The van der Waals surface area contributed by atoms with Gasteiger partial charge in [-0.25, -0.2) is 0 Å². The van der Waals surface area contributed by atoms with Gasteiger partial charge >= 0.3 is 0 Å². The second-order valence-electron chi connectivity index (χ2n) is 4.80. The molecule has 2 aliphatic rings. The van der Waals surface area contributed by atoms with E-state index in [1.54, 1.807) is 0 Å². The largest absolute Gasteiger partial charge is 0.344 e. The number of piperidine rings is 1. The number of likely N-dealkylation sites (N-methyl/N-ethyl adjacent to an activating group) is 1. The highest BCUT2D eigenvalue weighted by atomic mass is 16.2. The molecular formula is C11H21N3O. The average molecular weight is 211 g/mol. The Morgan fingerprint density at radius 2 is 2.20 bits per heavy atom. The summed E-state index contributed by atoms with van der Waals surface area (Å²) in [7, 11) is 1.90. The maximum Gasteiger partial charge on any atom is 0.239 e. The Morgan fingerprint density at radius 1 is 1.40 bits per heavy atom. The van der Waals surface area contributed by atoms with Gasteiger partial charge in [-0.15, -0.1) is 0 Å². The van der Waals surface area contributed by atoms with E-state index >= 15 is 0 Å². The highest BCUT2D eigenvalue weighted by molar-refractivity contribution is 5.83. The number of carbonyl (C=O) groups excluding carboxylic acids is 1. The minimum Gasteiger partial charge on any atom is -0.344 e. The van der Waals surface area contributed by atoms with E-state index in [-0.39, 0.29) is 6.04 Å². The van der Waals surface area contributed by atoms with Gasteiger partial charge in [0.2, 0.25) is 5.91 Å². The first-order valence-electron chi connectivity index (χ1n) is 5.91. The molecule has 2 rings (SSSR count). The molecule has 4 nitrogen and oxygen atoms in total. The van der Waals surface area contributed by atoms with E-state index in [0.29, 0.717) is 11.8 Å². The van der Waals surface area contributed by atoms with Crippen molar-refractivity contribution >= 4 is 5.91 Å². The van der Waals surface area contributed by atoms with Gasteiger partial charge in [-0.1, -0.05) is 0 Å². The maximum atomic E-state index is 11.9. The molecule has 86 valence electrons. The molecule has 1 amide bonds. The fourth-order valence-electron chi connectivity index (χ4n) is 2.72. The van der Waals surface area contributed by atoms with Crippen LogP contribution in [-0.4, -0.2) is 55.0 Å². The van der Waals surface area contributed by atoms with Crippen LogP contribution in [-0.2, 0) is 4.79 Å². The highest BCUT2D eigenvalue weighted by Crippen LogP contribution is 2.22. The van der Waals surface area contributed by atoms with Gasteiger partial charge in [-0.3, -0.25) is 9.69 Å². The third-order valence-corrected chi connectivity index (χ3v) is 3.72. The van der Waals surface area contributed by atoms with E-state index in [1.165, 1.54) is 12.8 Å². The van der Waals surface area contributed by atoms with Gasteiger partial charge in [0.25, 0.3) is 0 Å². The van der Waals surface area contributed by atoms with E-state index in [2.05, 4.69) is 4.90 Å². The summed E-state index contributed by atoms with van der Waals surface area (Å²) in [6.07, 6.45) is 3.41. The van der Waals surface area contributed by atoms with Gasteiger partial charge in [0.05, 0.1) is 6.04 Å². The number of amides is 1. The predicted octanol–water partition coefficient (Wildman–Crippen LogP) is -0.112. The molecule has 0 aromatic heterocycles. The van der Waals surface area contributed by atoms with E-state index in [4.69, 9.17) is 5.73 Å². The van der Waals surface area contributed by atoms with Gasteiger partial charge in [0, 0.05) is 20.1 Å². The molecule has 0 radical (unpaired) electrons. The predicted molar refractivity (Wildman–Crippen MR) is 59.4 cm³/mol. The fourth-order valence-corrected chi connectivity index (χ4v) is 2.72. The van der Waals surface area contributed by atoms with Crippen LogP contribution in [0.4, 0.5) is 0 Å². The van der Waals surface area contributed by atoms with Crippen LogP contribution in [0.15, 0.2) is 0 Å². The van der Waals surface area contributed by atoms with Gasteiger partial charge in [0.15, 0.2) is 0 Å². The summed E-state index contributed by atoms with van der Waals surface area (Å²) in [5.41, 5.74) is 5.70. The molecule has 2 aliphatic heterocycles. The summed E-state index contributed by atoms with van der Waals surface area (Å²) in [5.74, 6) is 0.894. The summed E-state index contributed by atoms with van der Waals surface area (Å²) in [6, 6.07) is 0.143. The summed E-state index contributed by atoms with van der Waals surface area (Å²) >= 11 is 0. The quantitative estimate of drug-likeness (QED) is 0.693. The van der Waals surface area contributed by atoms with Crippen molar-refractivity contribution in [2.24, 2.45) is 11.7 Å². The molecule has 2 N–H and O–H groups in total. The molecule has 0 spiro atoms. The molecular weight excluding hydrogens is 190 g/mol. The standard InChI is InChI=1S/C11H21N3O/c1-13-6-4-10(11(13)15)14-5-2-3-9(7-12)8-14/h9-10H,2-8,12H2,1H3. The van der Waals surface area contributed by atoms with Gasteiger partial charge in [-0.2, -0.15) is 0 Å². The number of hydrogen-bond donors (Lipinski definition) is 1. The van der Waals surface area contributed by atoms with Crippen molar-refractivity contribution in [1.82, 2.24) is 9.80 Å². The minimum absolute atomic E-state index is 0.143. The molecule has 0 saturated carbocycles. The van der Waals surface area contributed by atoms with Crippen LogP contribution >= 0.6 is 0 Å². The Hall–Kier alpha value is -0.610. The van der Waals surface area contributed by atoms with Gasteiger partial charge in [-0.05, 0) is 38.3 Å². The molecule has 0 aromatic rings. The zero-order valence-electron chi connectivity index (χ0n) is 9.48. The third kappa shape index (κ3) is 2.16. The van der Waals surface area contributed by atoms with Crippen molar-refractivity contribution in [2.45, 2.75) is 25.3 Å². The second kappa shape index (κ2) is 4.49. The van der Waals surface area contributed by atoms with Gasteiger partial charge in [0.1, 0.15) is 0 Å². The number of rotatable bonds is 2. The lowest BCUT2D eigenvalue weighted by molar-refractivity contribution is -0.131. The summed E-state index contributed by atoms with van der Waals surface area (Å²) < 4.78 is 0. The highest BCUT2D eigenvalue weighted by Gasteiger charge is 2.35. The smallest absolute Gasteiger partial charge is 0.239 e. The Labute approximate surface area is 91.4 Å². The first kappa shape index (κ1) is 10.9. The van der Waals surface area contributed by atoms with E-state index in [9.17, 15) is 4.79 Å². The van der Waals surface area contributed by atoms with Crippen molar-refractivity contribution in [1.29, 1.82) is 0 Å².